The van der Waals surface area contributed by atoms with Crippen LogP contribution < -0.4 is 0 Å². The fourth-order valence-corrected chi connectivity index (χ4v) is 3.75. The topological polar surface area (TPSA) is 66.2 Å². The quantitative estimate of drug-likeness (QED) is 0.413. The number of hydrogen-bond donors (Lipinski definition) is 2. The lowest BCUT2D eigenvalue weighted by Crippen LogP contribution is -1.98. The molecule has 2 aromatic carbocycles. The summed E-state index contributed by atoms with van der Waals surface area (Å²) in [6.07, 6.45) is 0. The molecule has 0 bridgehead atoms. The molecule has 0 aliphatic heterocycles. The standard InChI is InChI=1S/2C7H4ClNS.BFH2O2/c2*8-7-9-5-3-1-2-4-6(5)10-7;2-1(3)4/h2*1-4H;3-4H. The lowest BCUT2D eigenvalue weighted by molar-refractivity contribution is 0.340. The van der Waals surface area contributed by atoms with Crippen LogP contribution in [0.4, 0.5) is 4.32 Å². The number of fused-ring (bicyclic) bond motifs is 2. The third-order valence-electron chi connectivity index (χ3n) is 2.54. The highest BCUT2D eigenvalue weighted by atomic mass is 35.5. The molecular weight excluding hydrogens is 393 g/mol. The Morgan fingerprint density at radius 2 is 1.12 bits per heavy atom. The second-order valence-corrected chi connectivity index (χ2v) is 7.41. The normalized spacial score (nSPS) is 9.88. The van der Waals surface area contributed by atoms with Crippen molar-refractivity contribution in [2.75, 3.05) is 0 Å². The van der Waals surface area contributed by atoms with Crippen molar-refractivity contribution in [2.45, 2.75) is 0 Å². The van der Waals surface area contributed by atoms with Gasteiger partial charge < -0.3 is 10.0 Å². The van der Waals surface area contributed by atoms with E-state index in [1.807, 2.05) is 48.5 Å². The summed E-state index contributed by atoms with van der Waals surface area (Å²) < 4.78 is 13.6. The van der Waals surface area contributed by atoms with E-state index in [1.165, 1.54) is 22.7 Å². The van der Waals surface area contributed by atoms with Crippen molar-refractivity contribution in [1.82, 2.24) is 9.97 Å². The maximum atomic E-state index is 10.1. The van der Waals surface area contributed by atoms with Crippen LogP contribution in [-0.4, -0.2) is 27.4 Å². The molecular formula is C14H10BCl2FN2O2S2. The van der Waals surface area contributed by atoms with Gasteiger partial charge in [-0.3, -0.25) is 4.32 Å². The number of hydrogen-bond acceptors (Lipinski definition) is 6. The molecule has 4 nitrogen and oxygen atoms in total. The van der Waals surface area contributed by atoms with Crippen LogP contribution in [0.25, 0.3) is 20.4 Å². The minimum atomic E-state index is -2.67. The molecule has 2 heterocycles. The van der Waals surface area contributed by atoms with Gasteiger partial charge in [-0.1, -0.05) is 47.5 Å². The van der Waals surface area contributed by atoms with Crippen molar-refractivity contribution in [3.63, 3.8) is 0 Å². The number of nitrogens with zero attached hydrogens (tertiary/aromatic N) is 2. The molecule has 4 aromatic rings. The van der Waals surface area contributed by atoms with Gasteiger partial charge in [0.2, 0.25) is 0 Å². The van der Waals surface area contributed by atoms with Gasteiger partial charge in [-0.2, -0.15) is 0 Å². The molecule has 0 fully saturated rings. The van der Waals surface area contributed by atoms with E-state index in [4.69, 9.17) is 33.2 Å². The van der Waals surface area contributed by atoms with Crippen molar-refractivity contribution in [2.24, 2.45) is 0 Å². The third-order valence-corrected chi connectivity index (χ3v) is 4.82. The third kappa shape index (κ3) is 5.97. The molecule has 10 heteroatoms. The molecule has 0 saturated heterocycles. The molecule has 0 amide bonds. The smallest absolute Gasteiger partial charge is 0.398 e. The minimum Gasteiger partial charge on any atom is -0.398 e. The van der Waals surface area contributed by atoms with Crippen LogP contribution in [0.3, 0.4) is 0 Å². The van der Waals surface area contributed by atoms with Gasteiger partial charge in [-0.25, -0.2) is 9.97 Å². The summed E-state index contributed by atoms with van der Waals surface area (Å²) >= 11 is 14.4. The average Bonchev–Trinajstić information content (AvgIpc) is 3.07. The van der Waals surface area contributed by atoms with E-state index in [0.717, 1.165) is 20.4 Å². The summed E-state index contributed by atoms with van der Waals surface area (Å²) in [5.41, 5.74) is 1.97. The van der Waals surface area contributed by atoms with Crippen molar-refractivity contribution in [3.05, 3.63) is 57.5 Å². The Balaban J connectivity index is 0.000000143. The summed E-state index contributed by atoms with van der Waals surface area (Å²) in [4.78, 5) is 8.19. The second kappa shape index (κ2) is 9.26. The van der Waals surface area contributed by atoms with E-state index in [-0.39, 0.29) is 0 Å². The van der Waals surface area contributed by atoms with E-state index in [2.05, 4.69) is 9.97 Å². The molecule has 124 valence electrons. The number of rotatable bonds is 0. The second-order valence-electron chi connectivity index (χ2n) is 4.18. The number of aromatic nitrogens is 2. The molecule has 2 N–H and O–H groups in total. The zero-order valence-corrected chi connectivity index (χ0v) is 15.1. The minimum absolute atomic E-state index is 0.612. The zero-order valence-electron chi connectivity index (χ0n) is 11.9. The van der Waals surface area contributed by atoms with E-state index in [9.17, 15) is 4.32 Å². The van der Waals surface area contributed by atoms with E-state index >= 15 is 0 Å². The van der Waals surface area contributed by atoms with E-state index < -0.39 is 7.40 Å². The van der Waals surface area contributed by atoms with Gasteiger partial charge >= 0.3 is 7.40 Å². The maximum absolute atomic E-state index is 10.1. The van der Waals surface area contributed by atoms with Gasteiger partial charge in [0.15, 0.2) is 8.93 Å². The fraction of sp³-hybridized carbons (Fsp3) is 0. The first kappa shape index (κ1) is 19.0. The van der Waals surface area contributed by atoms with Gasteiger partial charge in [-0.05, 0) is 24.3 Å². The van der Waals surface area contributed by atoms with Crippen LogP contribution in [-0.2, 0) is 0 Å². The summed E-state index contributed by atoms with van der Waals surface area (Å²) in [6, 6.07) is 15.8. The lowest BCUT2D eigenvalue weighted by atomic mass is 10.3. The highest BCUT2D eigenvalue weighted by Crippen LogP contribution is 2.25. The molecule has 2 aromatic heterocycles. The Hall–Kier alpha value is -1.29. The number of thiazole rings is 2. The van der Waals surface area contributed by atoms with Crippen LogP contribution >= 0.6 is 45.9 Å². The molecule has 0 aliphatic rings. The predicted molar refractivity (Wildman–Crippen MR) is 101 cm³/mol. The van der Waals surface area contributed by atoms with Gasteiger partial charge in [0.25, 0.3) is 0 Å². The fourth-order valence-electron chi connectivity index (χ4n) is 1.69. The molecule has 0 aliphatic carbocycles. The van der Waals surface area contributed by atoms with Crippen molar-refractivity contribution in [1.29, 1.82) is 0 Å². The summed E-state index contributed by atoms with van der Waals surface area (Å²) in [5.74, 6) is 0. The zero-order chi connectivity index (χ0) is 17.5. The Morgan fingerprint density at radius 3 is 1.46 bits per heavy atom. The first-order valence-electron chi connectivity index (χ1n) is 6.48. The average molecular weight is 403 g/mol. The van der Waals surface area contributed by atoms with Gasteiger partial charge in [-0.15, -0.1) is 22.7 Å². The molecule has 0 atom stereocenters. The van der Waals surface area contributed by atoms with Crippen molar-refractivity contribution < 1.29 is 14.4 Å². The monoisotopic (exact) mass is 402 g/mol. The van der Waals surface area contributed by atoms with Crippen LogP contribution in [0.15, 0.2) is 48.5 Å². The molecule has 4 rings (SSSR count). The summed E-state index contributed by atoms with van der Waals surface area (Å²) in [5, 5.41) is 13.9. The van der Waals surface area contributed by atoms with Crippen LogP contribution in [0.1, 0.15) is 0 Å². The molecule has 0 unspecified atom stereocenters. The molecule has 0 saturated carbocycles. The SMILES string of the molecule is Clc1nc2ccccc2s1.Clc1nc2ccccc2s1.OB(O)F. The van der Waals surface area contributed by atoms with E-state index in [0.29, 0.717) is 8.93 Å². The number of para-hydroxylation sites is 2. The largest absolute Gasteiger partial charge is 0.674 e. The van der Waals surface area contributed by atoms with E-state index in [1.54, 1.807) is 0 Å². The maximum Gasteiger partial charge on any atom is 0.674 e. The summed E-state index contributed by atoms with van der Waals surface area (Å²) in [7, 11) is -2.67. The summed E-state index contributed by atoms with van der Waals surface area (Å²) in [6.45, 7) is 0. The van der Waals surface area contributed by atoms with Crippen LogP contribution in [0, 0.1) is 0 Å². The van der Waals surface area contributed by atoms with Crippen molar-refractivity contribution in [3.8, 4) is 0 Å². The first-order chi connectivity index (χ1) is 11.5. The van der Waals surface area contributed by atoms with Crippen LogP contribution in [0.5, 0.6) is 0 Å². The lowest BCUT2D eigenvalue weighted by Gasteiger charge is -1.80. The predicted octanol–water partition coefficient (Wildman–Crippen LogP) is 4.82. The van der Waals surface area contributed by atoms with Gasteiger partial charge in [0.1, 0.15) is 0 Å². The van der Waals surface area contributed by atoms with Gasteiger partial charge in [0, 0.05) is 0 Å². The highest BCUT2D eigenvalue weighted by Gasteiger charge is 1.98. The molecule has 0 radical (unpaired) electrons. The van der Waals surface area contributed by atoms with Crippen LogP contribution in [0.2, 0.25) is 8.93 Å². The highest BCUT2D eigenvalue weighted by molar-refractivity contribution is 7.22. The molecule has 0 spiro atoms. The van der Waals surface area contributed by atoms with Crippen molar-refractivity contribution >= 4 is 73.7 Å². The number of benzene rings is 2. The number of halogens is 3. The first-order valence-corrected chi connectivity index (χ1v) is 8.87. The Morgan fingerprint density at radius 1 is 0.792 bits per heavy atom. The Labute approximate surface area is 155 Å². The molecule has 24 heavy (non-hydrogen) atoms. The van der Waals surface area contributed by atoms with Gasteiger partial charge in [0.05, 0.1) is 20.4 Å². The Bertz CT molecular complexity index is 779. The Kier molecular flexibility index (Phi) is 7.35.